The van der Waals surface area contributed by atoms with Gasteiger partial charge in [0.05, 0.1) is 16.6 Å². The molecule has 0 saturated heterocycles. The molecular weight excluding hydrogens is 253 g/mol. The number of hydrogen-bond donors (Lipinski definition) is 2. The molecule has 0 spiro atoms. The molecule has 18 heavy (non-hydrogen) atoms. The summed E-state index contributed by atoms with van der Waals surface area (Å²) < 4.78 is 12.7. The van der Waals surface area contributed by atoms with E-state index >= 15 is 0 Å². The molecule has 6 heteroatoms. The first-order valence-electron chi connectivity index (χ1n) is 5.67. The van der Waals surface area contributed by atoms with Crippen LogP contribution in [0.5, 0.6) is 0 Å². The second-order valence-electron chi connectivity index (χ2n) is 4.78. The summed E-state index contributed by atoms with van der Waals surface area (Å²) in [6, 6.07) is 2.64. The average molecular weight is 267 g/mol. The lowest BCUT2D eigenvalue weighted by molar-refractivity contribution is -0.127. The average Bonchev–Trinajstić information content (AvgIpc) is 2.27. The van der Waals surface area contributed by atoms with Gasteiger partial charge in [0.15, 0.2) is 0 Å². The molecule has 1 aliphatic carbocycles. The molecular formula is C12H14FN3OS. The lowest BCUT2D eigenvalue weighted by atomic mass is 9.62. The van der Waals surface area contributed by atoms with Gasteiger partial charge in [0.25, 0.3) is 0 Å². The van der Waals surface area contributed by atoms with Crippen LogP contribution in [-0.2, 0) is 4.79 Å². The van der Waals surface area contributed by atoms with Crippen molar-refractivity contribution in [3.8, 4) is 0 Å². The van der Waals surface area contributed by atoms with Crippen LogP contribution < -0.4 is 11.1 Å². The van der Waals surface area contributed by atoms with Gasteiger partial charge in [-0.3, -0.25) is 4.79 Å². The Morgan fingerprint density at radius 1 is 1.61 bits per heavy atom. The van der Waals surface area contributed by atoms with Crippen molar-refractivity contribution in [3.05, 3.63) is 24.1 Å². The smallest absolute Gasteiger partial charge is 0.238 e. The van der Waals surface area contributed by atoms with Gasteiger partial charge in [0.1, 0.15) is 11.6 Å². The number of carbonyl (C=O) groups excluding carboxylic acids is 1. The van der Waals surface area contributed by atoms with Crippen LogP contribution in [0.4, 0.5) is 10.2 Å². The number of thiocarbonyl (C=S) groups is 1. The van der Waals surface area contributed by atoms with Gasteiger partial charge < -0.3 is 11.1 Å². The van der Waals surface area contributed by atoms with Gasteiger partial charge in [-0.05, 0) is 30.9 Å². The first-order chi connectivity index (χ1) is 8.44. The van der Waals surface area contributed by atoms with Crippen LogP contribution in [0.25, 0.3) is 0 Å². The molecule has 0 radical (unpaired) electrons. The second kappa shape index (κ2) is 4.61. The summed E-state index contributed by atoms with van der Waals surface area (Å²) in [6.07, 6.45) is 2.34. The standard InChI is InChI=1S/C12H14FN3OS/c1-7-4-12(5-7,10(14)18)11(17)16-9-3-2-8(13)6-15-9/h2-3,6-7H,4-5H2,1H3,(H2,14,18)(H,15,16,17). The zero-order chi connectivity index (χ0) is 13.3. The van der Waals surface area contributed by atoms with E-state index in [0.29, 0.717) is 24.6 Å². The summed E-state index contributed by atoms with van der Waals surface area (Å²) in [5, 5.41) is 2.63. The predicted molar refractivity (Wildman–Crippen MR) is 70.4 cm³/mol. The normalized spacial score (nSPS) is 26.2. The van der Waals surface area contributed by atoms with Crippen LogP contribution in [0.1, 0.15) is 19.8 Å². The maximum absolute atomic E-state index is 12.7. The lowest BCUT2D eigenvalue weighted by Gasteiger charge is -2.43. The van der Waals surface area contributed by atoms with Crippen molar-refractivity contribution in [2.24, 2.45) is 17.1 Å². The van der Waals surface area contributed by atoms with E-state index in [0.717, 1.165) is 6.20 Å². The highest BCUT2D eigenvalue weighted by Crippen LogP contribution is 2.46. The third-order valence-electron chi connectivity index (χ3n) is 3.27. The molecule has 0 unspecified atom stereocenters. The van der Waals surface area contributed by atoms with E-state index in [1.54, 1.807) is 0 Å². The van der Waals surface area contributed by atoms with Crippen LogP contribution in [0.15, 0.2) is 18.3 Å². The number of amides is 1. The summed E-state index contributed by atoms with van der Waals surface area (Å²) in [5.41, 5.74) is 4.89. The Morgan fingerprint density at radius 2 is 2.28 bits per heavy atom. The Kier molecular flexibility index (Phi) is 3.30. The van der Waals surface area contributed by atoms with Crippen LogP contribution in [-0.4, -0.2) is 15.9 Å². The molecule has 0 aromatic carbocycles. The molecule has 1 heterocycles. The monoisotopic (exact) mass is 267 g/mol. The number of halogens is 1. The van der Waals surface area contributed by atoms with Crippen molar-refractivity contribution in [2.75, 3.05) is 5.32 Å². The first kappa shape index (κ1) is 12.9. The molecule has 0 atom stereocenters. The number of rotatable bonds is 3. The molecule has 1 saturated carbocycles. The molecule has 96 valence electrons. The minimum atomic E-state index is -0.773. The maximum atomic E-state index is 12.7. The van der Waals surface area contributed by atoms with E-state index in [2.05, 4.69) is 10.3 Å². The van der Waals surface area contributed by atoms with Gasteiger partial charge in [0, 0.05) is 0 Å². The van der Waals surface area contributed by atoms with Crippen LogP contribution >= 0.6 is 12.2 Å². The zero-order valence-corrected chi connectivity index (χ0v) is 10.8. The third kappa shape index (κ3) is 2.20. The Hall–Kier alpha value is -1.56. The highest BCUT2D eigenvalue weighted by molar-refractivity contribution is 7.80. The highest BCUT2D eigenvalue weighted by Gasteiger charge is 2.50. The van der Waals surface area contributed by atoms with Crippen LogP contribution in [0.2, 0.25) is 0 Å². The SMILES string of the molecule is CC1CC(C(=O)Nc2ccc(F)cn2)(C(N)=S)C1. The van der Waals surface area contributed by atoms with E-state index in [9.17, 15) is 9.18 Å². The largest absolute Gasteiger partial charge is 0.392 e. The van der Waals surface area contributed by atoms with Gasteiger partial charge in [-0.15, -0.1) is 0 Å². The number of aromatic nitrogens is 1. The van der Waals surface area contributed by atoms with E-state index in [1.165, 1.54) is 12.1 Å². The van der Waals surface area contributed by atoms with Gasteiger partial charge in [0.2, 0.25) is 5.91 Å². The Balaban J connectivity index is 2.11. The number of pyridine rings is 1. The molecule has 3 N–H and O–H groups in total. The predicted octanol–water partition coefficient (Wildman–Crippen LogP) is 1.86. The fourth-order valence-electron chi connectivity index (χ4n) is 2.31. The number of nitrogens with zero attached hydrogens (tertiary/aromatic N) is 1. The molecule has 1 amide bonds. The fourth-order valence-corrected chi connectivity index (χ4v) is 2.57. The summed E-state index contributed by atoms with van der Waals surface area (Å²) in [7, 11) is 0. The molecule has 1 fully saturated rings. The number of carbonyl (C=O) groups is 1. The van der Waals surface area contributed by atoms with Crippen molar-refractivity contribution in [3.63, 3.8) is 0 Å². The summed E-state index contributed by atoms with van der Waals surface area (Å²) in [4.78, 5) is 16.2. The molecule has 0 aliphatic heterocycles. The molecule has 2 rings (SSSR count). The van der Waals surface area contributed by atoms with Gasteiger partial charge in [-0.2, -0.15) is 0 Å². The second-order valence-corrected chi connectivity index (χ2v) is 5.22. The Morgan fingerprint density at radius 3 is 2.72 bits per heavy atom. The van der Waals surface area contributed by atoms with Gasteiger partial charge >= 0.3 is 0 Å². The number of nitrogens with one attached hydrogen (secondary N) is 1. The quantitative estimate of drug-likeness (QED) is 0.820. The molecule has 4 nitrogen and oxygen atoms in total. The lowest BCUT2D eigenvalue weighted by Crippen LogP contribution is -2.53. The molecule has 0 bridgehead atoms. The zero-order valence-electron chi connectivity index (χ0n) is 9.94. The van der Waals surface area contributed by atoms with Crippen molar-refractivity contribution < 1.29 is 9.18 Å². The van der Waals surface area contributed by atoms with Gasteiger partial charge in [-0.1, -0.05) is 19.1 Å². The minimum Gasteiger partial charge on any atom is -0.392 e. The number of nitrogens with two attached hydrogens (primary N) is 1. The molecule has 1 aliphatic rings. The van der Waals surface area contributed by atoms with Crippen molar-refractivity contribution >= 4 is 28.9 Å². The number of hydrogen-bond acceptors (Lipinski definition) is 3. The van der Waals surface area contributed by atoms with Crippen LogP contribution in [0.3, 0.4) is 0 Å². The Labute approximate surface area is 110 Å². The topological polar surface area (TPSA) is 68.0 Å². The fraction of sp³-hybridized carbons (Fsp3) is 0.417. The minimum absolute atomic E-state index is 0.209. The van der Waals surface area contributed by atoms with Gasteiger partial charge in [-0.25, -0.2) is 9.37 Å². The van der Waals surface area contributed by atoms with Crippen molar-refractivity contribution in [1.29, 1.82) is 0 Å². The summed E-state index contributed by atoms with van der Waals surface area (Å²) >= 11 is 4.98. The van der Waals surface area contributed by atoms with E-state index in [-0.39, 0.29) is 10.9 Å². The number of anilines is 1. The highest BCUT2D eigenvalue weighted by atomic mass is 32.1. The van der Waals surface area contributed by atoms with Crippen LogP contribution in [0, 0.1) is 17.2 Å². The summed E-state index contributed by atoms with van der Waals surface area (Å²) in [5.74, 6) is 0.0246. The van der Waals surface area contributed by atoms with E-state index in [4.69, 9.17) is 18.0 Å². The third-order valence-corrected chi connectivity index (χ3v) is 3.66. The maximum Gasteiger partial charge on any atom is 0.238 e. The van der Waals surface area contributed by atoms with E-state index < -0.39 is 11.2 Å². The van der Waals surface area contributed by atoms with E-state index in [1.807, 2.05) is 6.92 Å². The molecule has 1 aromatic rings. The van der Waals surface area contributed by atoms with Crippen molar-refractivity contribution in [1.82, 2.24) is 4.98 Å². The summed E-state index contributed by atoms with van der Waals surface area (Å²) in [6.45, 7) is 2.04. The molecule has 1 aromatic heterocycles. The Bertz CT molecular complexity index is 483. The van der Waals surface area contributed by atoms with Crippen molar-refractivity contribution in [2.45, 2.75) is 19.8 Å². The first-order valence-corrected chi connectivity index (χ1v) is 6.08.